The van der Waals surface area contributed by atoms with Gasteiger partial charge in [-0.15, -0.1) is 0 Å². The van der Waals surface area contributed by atoms with E-state index in [4.69, 9.17) is 4.74 Å². The van der Waals surface area contributed by atoms with Crippen molar-refractivity contribution in [3.8, 4) is 0 Å². The maximum Gasteiger partial charge on any atom is 0.230 e. The monoisotopic (exact) mass is 304 g/mol. The Morgan fingerprint density at radius 3 is 2.77 bits per heavy atom. The minimum atomic E-state index is -0.490. The summed E-state index contributed by atoms with van der Waals surface area (Å²) in [5.41, 5.74) is 0.566. The SMILES string of the molecule is COCCN1CCC(CNC(=O)C(C)(C)c2ccccc2)C1. The first-order chi connectivity index (χ1) is 10.5. The minimum absolute atomic E-state index is 0.106. The van der Waals surface area contributed by atoms with Gasteiger partial charge in [-0.3, -0.25) is 4.79 Å². The first kappa shape index (κ1) is 17.0. The molecule has 1 fully saturated rings. The van der Waals surface area contributed by atoms with Crippen LogP contribution in [-0.4, -0.2) is 50.7 Å². The van der Waals surface area contributed by atoms with E-state index in [1.165, 1.54) is 0 Å². The zero-order chi connectivity index (χ0) is 16.0. The Morgan fingerprint density at radius 1 is 1.36 bits per heavy atom. The molecule has 1 heterocycles. The third-order valence-electron chi connectivity index (χ3n) is 4.60. The van der Waals surface area contributed by atoms with Crippen LogP contribution in [0, 0.1) is 5.92 Å². The molecule has 0 aliphatic carbocycles. The lowest BCUT2D eigenvalue weighted by atomic mass is 9.83. The number of hydrogen-bond acceptors (Lipinski definition) is 3. The second-order valence-electron chi connectivity index (χ2n) is 6.65. The Kier molecular flexibility index (Phi) is 5.98. The van der Waals surface area contributed by atoms with Gasteiger partial charge in [-0.2, -0.15) is 0 Å². The molecule has 2 rings (SSSR count). The van der Waals surface area contributed by atoms with E-state index in [1.807, 2.05) is 44.2 Å². The van der Waals surface area contributed by atoms with Crippen LogP contribution in [0.4, 0.5) is 0 Å². The average Bonchev–Trinajstić information content (AvgIpc) is 2.99. The van der Waals surface area contributed by atoms with Crippen LogP contribution in [0.25, 0.3) is 0 Å². The lowest BCUT2D eigenvalue weighted by Crippen LogP contribution is -2.42. The molecule has 1 atom stereocenters. The van der Waals surface area contributed by atoms with E-state index < -0.39 is 5.41 Å². The van der Waals surface area contributed by atoms with Gasteiger partial charge in [-0.1, -0.05) is 30.3 Å². The van der Waals surface area contributed by atoms with Crippen molar-refractivity contribution in [2.75, 3.05) is 39.9 Å². The standard InChI is InChI=1S/C18H28N2O2/c1-18(2,16-7-5-4-6-8-16)17(21)19-13-15-9-10-20(14-15)11-12-22-3/h4-8,15H,9-14H2,1-3H3,(H,19,21). The number of ether oxygens (including phenoxy) is 1. The fourth-order valence-corrected chi connectivity index (χ4v) is 2.95. The lowest BCUT2D eigenvalue weighted by Gasteiger charge is -2.25. The van der Waals surface area contributed by atoms with Crippen LogP contribution in [0.2, 0.25) is 0 Å². The van der Waals surface area contributed by atoms with Gasteiger partial charge in [0, 0.05) is 26.7 Å². The van der Waals surface area contributed by atoms with E-state index in [1.54, 1.807) is 7.11 Å². The number of rotatable bonds is 7. The molecule has 122 valence electrons. The molecule has 1 aromatic rings. The number of benzene rings is 1. The predicted octanol–water partition coefficient (Wildman–Crippen LogP) is 2.05. The normalized spacial score (nSPS) is 19.3. The minimum Gasteiger partial charge on any atom is -0.383 e. The summed E-state index contributed by atoms with van der Waals surface area (Å²) in [6, 6.07) is 9.97. The van der Waals surface area contributed by atoms with Crippen molar-refractivity contribution in [3.05, 3.63) is 35.9 Å². The molecule has 1 N–H and O–H groups in total. The number of hydrogen-bond donors (Lipinski definition) is 1. The largest absolute Gasteiger partial charge is 0.383 e. The molecule has 22 heavy (non-hydrogen) atoms. The summed E-state index contributed by atoms with van der Waals surface area (Å²) >= 11 is 0. The predicted molar refractivity (Wildman–Crippen MR) is 88.9 cm³/mol. The zero-order valence-corrected chi connectivity index (χ0v) is 14.0. The van der Waals surface area contributed by atoms with Gasteiger partial charge in [-0.05, 0) is 38.3 Å². The number of methoxy groups -OCH3 is 1. The van der Waals surface area contributed by atoms with Crippen molar-refractivity contribution in [3.63, 3.8) is 0 Å². The molecule has 4 nitrogen and oxygen atoms in total. The number of nitrogens with one attached hydrogen (secondary N) is 1. The summed E-state index contributed by atoms with van der Waals surface area (Å²) in [7, 11) is 1.74. The van der Waals surface area contributed by atoms with Crippen molar-refractivity contribution >= 4 is 5.91 Å². The summed E-state index contributed by atoms with van der Waals surface area (Å²) in [5.74, 6) is 0.654. The topological polar surface area (TPSA) is 41.6 Å². The fourth-order valence-electron chi connectivity index (χ4n) is 2.95. The Bertz CT molecular complexity index is 473. The highest BCUT2D eigenvalue weighted by molar-refractivity contribution is 5.87. The van der Waals surface area contributed by atoms with Crippen LogP contribution in [0.15, 0.2) is 30.3 Å². The summed E-state index contributed by atoms with van der Waals surface area (Å²) < 4.78 is 5.12. The molecule has 0 saturated carbocycles. The molecule has 1 amide bonds. The molecule has 1 saturated heterocycles. The van der Waals surface area contributed by atoms with Gasteiger partial charge < -0.3 is 15.0 Å². The maximum absolute atomic E-state index is 12.5. The third kappa shape index (κ3) is 4.31. The smallest absolute Gasteiger partial charge is 0.230 e. The highest BCUT2D eigenvalue weighted by atomic mass is 16.5. The molecule has 0 aromatic heterocycles. The van der Waals surface area contributed by atoms with Gasteiger partial charge in [-0.25, -0.2) is 0 Å². The zero-order valence-electron chi connectivity index (χ0n) is 14.0. The van der Waals surface area contributed by atoms with Crippen LogP contribution in [0.3, 0.4) is 0 Å². The van der Waals surface area contributed by atoms with Crippen LogP contribution >= 0.6 is 0 Å². The number of carbonyl (C=O) groups is 1. The molecule has 1 aliphatic rings. The van der Waals surface area contributed by atoms with Crippen molar-refractivity contribution in [1.29, 1.82) is 0 Å². The molecule has 1 unspecified atom stereocenters. The van der Waals surface area contributed by atoms with Gasteiger partial charge >= 0.3 is 0 Å². The van der Waals surface area contributed by atoms with Crippen LogP contribution < -0.4 is 5.32 Å². The number of likely N-dealkylation sites (tertiary alicyclic amines) is 1. The summed E-state index contributed by atoms with van der Waals surface area (Å²) in [4.78, 5) is 14.9. The highest BCUT2D eigenvalue weighted by Crippen LogP contribution is 2.23. The van der Waals surface area contributed by atoms with Crippen molar-refractivity contribution in [2.24, 2.45) is 5.92 Å². The van der Waals surface area contributed by atoms with E-state index in [-0.39, 0.29) is 5.91 Å². The first-order valence-corrected chi connectivity index (χ1v) is 8.09. The van der Waals surface area contributed by atoms with E-state index in [2.05, 4.69) is 10.2 Å². The van der Waals surface area contributed by atoms with Gasteiger partial charge in [0.2, 0.25) is 5.91 Å². The second kappa shape index (κ2) is 7.75. The average molecular weight is 304 g/mol. The van der Waals surface area contributed by atoms with Crippen LogP contribution in [0.5, 0.6) is 0 Å². The second-order valence-corrected chi connectivity index (χ2v) is 6.65. The van der Waals surface area contributed by atoms with Gasteiger partial charge in [0.1, 0.15) is 0 Å². The maximum atomic E-state index is 12.5. The summed E-state index contributed by atoms with van der Waals surface area (Å²) in [5, 5.41) is 3.14. The van der Waals surface area contributed by atoms with Crippen molar-refractivity contribution < 1.29 is 9.53 Å². The molecule has 1 aromatic carbocycles. The number of carbonyl (C=O) groups excluding carboxylic acids is 1. The quantitative estimate of drug-likeness (QED) is 0.838. The molecule has 1 aliphatic heterocycles. The van der Waals surface area contributed by atoms with E-state index in [9.17, 15) is 4.79 Å². The van der Waals surface area contributed by atoms with Crippen molar-refractivity contribution in [1.82, 2.24) is 10.2 Å². The highest BCUT2D eigenvalue weighted by Gasteiger charge is 2.30. The lowest BCUT2D eigenvalue weighted by molar-refractivity contribution is -0.125. The summed E-state index contributed by atoms with van der Waals surface area (Å²) in [6.45, 7) is 8.64. The molecule has 0 spiro atoms. The fraction of sp³-hybridized carbons (Fsp3) is 0.611. The van der Waals surface area contributed by atoms with Crippen LogP contribution in [0.1, 0.15) is 25.8 Å². The number of nitrogens with zero attached hydrogens (tertiary/aromatic N) is 1. The Labute approximate surface area is 133 Å². The van der Waals surface area contributed by atoms with Crippen LogP contribution in [-0.2, 0) is 14.9 Å². The van der Waals surface area contributed by atoms with E-state index in [0.717, 1.165) is 44.8 Å². The van der Waals surface area contributed by atoms with E-state index >= 15 is 0 Å². The summed E-state index contributed by atoms with van der Waals surface area (Å²) in [6.07, 6.45) is 1.15. The third-order valence-corrected chi connectivity index (χ3v) is 4.60. The molecule has 0 bridgehead atoms. The number of amides is 1. The Balaban J connectivity index is 1.81. The molecular weight excluding hydrogens is 276 g/mol. The Hall–Kier alpha value is -1.39. The molecule has 4 heteroatoms. The van der Waals surface area contributed by atoms with Gasteiger partial charge in [0.15, 0.2) is 0 Å². The van der Waals surface area contributed by atoms with Crippen molar-refractivity contribution in [2.45, 2.75) is 25.7 Å². The Morgan fingerprint density at radius 2 is 2.09 bits per heavy atom. The molecular formula is C18H28N2O2. The van der Waals surface area contributed by atoms with E-state index in [0.29, 0.717) is 5.92 Å². The first-order valence-electron chi connectivity index (χ1n) is 8.09. The molecule has 0 radical (unpaired) electrons. The van der Waals surface area contributed by atoms with Gasteiger partial charge in [0.05, 0.1) is 12.0 Å². The van der Waals surface area contributed by atoms with Gasteiger partial charge in [0.25, 0.3) is 0 Å².